The van der Waals surface area contributed by atoms with Crippen molar-refractivity contribution >= 4 is 11.3 Å². The van der Waals surface area contributed by atoms with Crippen molar-refractivity contribution in [1.82, 2.24) is 9.97 Å². The molecule has 106 valence electrons. The first-order valence-corrected chi connectivity index (χ1v) is 7.80. The third kappa shape index (κ3) is 3.47. The van der Waals surface area contributed by atoms with E-state index in [1.807, 2.05) is 47.8 Å². The lowest BCUT2D eigenvalue weighted by Crippen LogP contribution is -1.96. The second-order valence-corrected chi connectivity index (χ2v) is 5.56. The third-order valence-electron chi connectivity index (χ3n) is 3.09. The lowest BCUT2D eigenvalue weighted by atomic mass is 10.1. The Hall–Kier alpha value is -2.20. The zero-order valence-corrected chi connectivity index (χ0v) is 12.6. The molecule has 0 aliphatic rings. The first-order valence-electron chi connectivity index (χ1n) is 6.92. The van der Waals surface area contributed by atoms with Gasteiger partial charge in [-0.15, -0.1) is 11.3 Å². The number of pyridine rings is 1. The maximum atomic E-state index is 5.72. The number of hydrogen-bond donors (Lipinski definition) is 0. The molecule has 3 rings (SSSR count). The van der Waals surface area contributed by atoms with Gasteiger partial charge in [-0.25, -0.2) is 4.98 Å². The molecule has 0 radical (unpaired) electrons. The minimum atomic E-state index is 0.489. The van der Waals surface area contributed by atoms with E-state index < -0.39 is 0 Å². The molecule has 21 heavy (non-hydrogen) atoms. The van der Waals surface area contributed by atoms with E-state index in [1.165, 1.54) is 0 Å². The number of rotatable bonds is 5. The van der Waals surface area contributed by atoms with Gasteiger partial charge in [0.2, 0.25) is 0 Å². The van der Waals surface area contributed by atoms with Gasteiger partial charge in [0.25, 0.3) is 0 Å². The van der Waals surface area contributed by atoms with Crippen LogP contribution < -0.4 is 4.74 Å². The minimum absolute atomic E-state index is 0.489. The average molecular weight is 296 g/mol. The van der Waals surface area contributed by atoms with Crippen LogP contribution in [0.3, 0.4) is 0 Å². The van der Waals surface area contributed by atoms with E-state index in [0.29, 0.717) is 6.61 Å². The Morgan fingerprint density at radius 3 is 2.62 bits per heavy atom. The van der Waals surface area contributed by atoms with E-state index in [0.717, 1.165) is 34.1 Å². The summed E-state index contributed by atoms with van der Waals surface area (Å²) in [5, 5.41) is 3.19. The molecule has 4 heteroatoms. The van der Waals surface area contributed by atoms with Gasteiger partial charge < -0.3 is 4.74 Å². The molecule has 3 aromatic rings. The Morgan fingerprint density at radius 2 is 1.95 bits per heavy atom. The van der Waals surface area contributed by atoms with Crippen LogP contribution in [0, 0.1) is 0 Å². The summed E-state index contributed by atoms with van der Waals surface area (Å²) in [6.07, 6.45) is 2.73. The van der Waals surface area contributed by atoms with Crippen molar-refractivity contribution in [3.8, 4) is 17.0 Å². The van der Waals surface area contributed by atoms with E-state index in [9.17, 15) is 0 Å². The highest BCUT2D eigenvalue weighted by Crippen LogP contribution is 2.20. The van der Waals surface area contributed by atoms with Gasteiger partial charge in [0.05, 0.1) is 22.6 Å². The molecular formula is C17H16N2OS. The molecule has 2 aromatic heterocycles. The van der Waals surface area contributed by atoms with Gasteiger partial charge in [-0.1, -0.05) is 37.3 Å². The highest BCUT2D eigenvalue weighted by atomic mass is 32.1. The van der Waals surface area contributed by atoms with Crippen LogP contribution in [0.2, 0.25) is 0 Å². The molecule has 0 aliphatic heterocycles. The predicted octanol–water partition coefficient (Wildman–Crippen LogP) is 4.35. The summed E-state index contributed by atoms with van der Waals surface area (Å²) in [6, 6.07) is 14.0. The van der Waals surface area contributed by atoms with Crippen LogP contribution in [0.4, 0.5) is 0 Å². The Morgan fingerprint density at radius 1 is 1.10 bits per heavy atom. The van der Waals surface area contributed by atoms with E-state index >= 15 is 0 Å². The monoisotopic (exact) mass is 296 g/mol. The molecule has 0 bridgehead atoms. The second-order valence-electron chi connectivity index (χ2n) is 4.62. The van der Waals surface area contributed by atoms with Crippen molar-refractivity contribution in [2.24, 2.45) is 0 Å². The summed E-state index contributed by atoms with van der Waals surface area (Å²) in [4.78, 5) is 8.92. The average Bonchev–Trinajstić information content (AvgIpc) is 3.02. The van der Waals surface area contributed by atoms with Gasteiger partial charge in [-0.3, -0.25) is 4.98 Å². The summed E-state index contributed by atoms with van der Waals surface area (Å²) in [7, 11) is 0. The number of nitrogens with zero attached hydrogens (tertiary/aromatic N) is 2. The maximum Gasteiger partial charge on any atom is 0.138 e. The standard InChI is InChI=1S/C17H16N2OS/c1-2-17-19-14(12-21-17)11-20-15-8-9-16(18-10-15)13-6-4-3-5-7-13/h3-10,12H,2,11H2,1H3. The van der Waals surface area contributed by atoms with Gasteiger partial charge in [-0.05, 0) is 18.6 Å². The van der Waals surface area contributed by atoms with Crippen molar-refractivity contribution in [1.29, 1.82) is 0 Å². The van der Waals surface area contributed by atoms with Crippen molar-refractivity contribution in [3.05, 3.63) is 64.7 Å². The highest BCUT2D eigenvalue weighted by Gasteiger charge is 2.03. The van der Waals surface area contributed by atoms with Gasteiger partial charge in [0.15, 0.2) is 0 Å². The summed E-state index contributed by atoms with van der Waals surface area (Å²) in [5.41, 5.74) is 3.03. The molecule has 0 spiro atoms. The van der Waals surface area contributed by atoms with Crippen molar-refractivity contribution in [2.75, 3.05) is 0 Å². The smallest absolute Gasteiger partial charge is 0.138 e. The van der Waals surface area contributed by atoms with Crippen molar-refractivity contribution in [3.63, 3.8) is 0 Å². The quantitative estimate of drug-likeness (QED) is 0.702. The summed E-state index contributed by atoms with van der Waals surface area (Å²) < 4.78 is 5.72. The first kappa shape index (κ1) is 13.8. The molecule has 2 heterocycles. The lowest BCUT2D eigenvalue weighted by Gasteiger charge is -2.05. The number of aromatic nitrogens is 2. The van der Waals surface area contributed by atoms with Crippen LogP contribution in [0.1, 0.15) is 17.6 Å². The van der Waals surface area contributed by atoms with Crippen LogP contribution in [-0.4, -0.2) is 9.97 Å². The van der Waals surface area contributed by atoms with Gasteiger partial charge in [0.1, 0.15) is 12.4 Å². The summed E-state index contributed by atoms with van der Waals surface area (Å²) in [5.74, 6) is 0.765. The third-order valence-corrected chi connectivity index (χ3v) is 4.14. The Kier molecular flexibility index (Phi) is 4.26. The van der Waals surface area contributed by atoms with Gasteiger partial charge >= 0.3 is 0 Å². The van der Waals surface area contributed by atoms with Gasteiger partial charge in [-0.2, -0.15) is 0 Å². The maximum absolute atomic E-state index is 5.72. The number of ether oxygens (including phenoxy) is 1. The first-order chi connectivity index (χ1) is 10.3. The SMILES string of the molecule is CCc1nc(COc2ccc(-c3ccccc3)nc2)cs1. The highest BCUT2D eigenvalue weighted by molar-refractivity contribution is 7.09. The molecule has 0 N–H and O–H groups in total. The summed E-state index contributed by atoms with van der Waals surface area (Å²) >= 11 is 1.68. The number of benzene rings is 1. The molecule has 1 aromatic carbocycles. The van der Waals surface area contributed by atoms with Crippen molar-refractivity contribution < 1.29 is 4.74 Å². The van der Waals surface area contributed by atoms with Crippen molar-refractivity contribution in [2.45, 2.75) is 20.0 Å². The Balaban J connectivity index is 1.64. The Bertz CT molecular complexity index is 692. The molecule has 3 nitrogen and oxygen atoms in total. The van der Waals surface area contributed by atoms with Crippen LogP contribution >= 0.6 is 11.3 Å². The lowest BCUT2D eigenvalue weighted by molar-refractivity contribution is 0.301. The molecular weight excluding hydrogens is 280 g/mol. The molecule has 0 aliphatic carbocycles. The predicted molar refractivity (Wildman–Crippen MR) is 85.5 cm³/mol. The fraction of sp³-hybridized carbons (Fsp3) is 0.176. The minimum Gasteiger partial charge on any atom is -0.486 e. The van der Waals surface area contributed by atoms with Crippen LogP contribution in [0.25, 0.3) is 11.3 Å². The Labute approximate surface area is 128 Å². The van der Waals surface area contributed by atoms with Gasteiger partial charge in [0, 0.05) is 10.9 Å². The molecule has 0 fully saturated rings. The second kappa shape index (κ2) is 6.50. The summed E-state index contributed by atoms with van der Waals surface area (Å²) in [6.45, 7) is 2.60. The fourth-order valence-corrected chi connectivity index (χ4v) is 2.71. The molecule has 0 saturated heterocycles. The number of hydrogen-bond acceptors (Lipinski definition) is 4. The van der Waals surface area contributed by atoms with E-state index in [-0.39, 0.29) is 0 Å². The normalized spacial score (nSPS) is 10.5. The molecule has 0 unspecified atom stereocenters. The fourth-order valence-electron chi connectivity index (χ4n) is 1.98. The number of thiazole rings is 1. The van der Waals surface area contributed by atoms with Crippen LogP contribution in [0.15, 0.2) is 54.0 Å². The van der Waals surface area contributed by atoms with E-state index in [4.69, 9.17) is 4.74 Å². The number of aryl methyl sites for hydroxylation is 1. The molecule has 0 saturated carbocycles. The topological polar surface area (TPSA) is 35.0 Å². The molecule has 0 amide bonds. The van der Waals surface area contributed by atoms with Crippen LogP contribution in [-0.2, 0) is 13.0 Å². The van der Waals surface area contributed by atoms with E-state index in [2.05, 4.69) is 16.9 Å². The molecule has 0 atom stereocenters. The largest absolute Gasteiger partial charge is 0.486 e. The van der Waals surface area contributed by atoms with E-state index in [1.54, 1.807) is 17.5 Å². The zero-order chi connectivity index (χ0) is 14.5. The van der Waals surface area contributed by atoms with Crippen LogP contribution in [0.5, 0.6) is 5.75 Å². The zero-order valence-electron chi connectivity index (χ0n) is 11.8.